The Balaban J connectivity index is 1.94. The molecular formula is C15H11Cl3N2O2. The van der Waals surface area contributed by atoms with Gasteiger partial charge in [-0.1, -0.05) is 46.9 Å². The number of carbonyl (C=O) groups is 2. The summed E-state index contributed by atoms with van der Waals surface area (Å²) >= 11 is 17.7. The van der Waals surface area contributed by atoms with Gasteiger partial charge in [0.25, 0.3) is 5.91 Å². The highest BCUT2D eigenvalue weighted by Crippen LogP contribution is 2.29. The van der Waals surface area contributed by atoms with E-state index in [2.05, 4.69) is 10.6 Å². The lowest BCUT2D eigenvalue weighted by Gasteiger charge is -2.10. The van der Waals surface area contributed by atoms with Gasteiger partial charge in [0, 0.05) is 10.6 Å². The lowest BCUT2D eigenvalue weighted by molar-refractivity contribution is -0.115. The third-order valence-electron chi connectivity index (χ3n) is 2.72. The van der Waals surface area contributed by atoms with Crippen LogP contribution in [0.5, 0.6) is 0 Å². The molecule has 2 N–H and O–H groups in total. The van der Waals surface area contributed by atoms with Crippen LogP contribution in [0, 0.1) is 0 Å². The van der Waals surface area contributed by atoms with Crippen molar-refractivity contribution >= 4 is 52.3 Å². The molecule has 2 amide bonds. The summed E-state index contributed by atoms with van der Waals surface area (Å²) in [6.07, 6.45) is 0. The molecule has 0 aliphatic heterocycles. The number of benzene rings is 2. The highest BCUT2D eigenvalue weighted by Gasteiger charge is 2.11. The second kappa shape index (κ2) is 7.49. The van der Waals surface area contributed by atoms with E-state index in [0.29, 0.717) is 26.3 Å². The predicted octanol–water partition coefficient (Wildman–Crippen LogP) is 4.02. The smallest absolute Gasteiger partial charge is 0.251 e. The van der Waals surface area contributed by atoms with E-state index >= 15 is 0 Å². The first kappa shape index (κ1) is 16.6. The first-order valence-corrected chi connectivity index (χ1v) is 7.38. The van der Waals surface area contributed by atoms with Gasteiger partial charge in [0.2, 0.25) is 5.91 Å². The summed E-state index contributed by atoms with van der Waals surface area (Å²) in [6.45, 7) is -0.215. The van der Waals surface area contributed by atoms with Gasteiger partial charge in [0.15, 0.2) is 0 Å². The molecule has 7 heteroatoms. The van der Waals surface area contributed by atoms with Crippen LogP contribution in [0.2, 0.25) is 15.1 Å². The number of carbonyl (C=O) groups excluding carboxylic acids is 2. The molecule has 2 rings (SSSR count). The van der Waals surface area contributed by atoms with E-state index in [1.807, 2.05) is 0 Å². The van der Waals surface area contributed by atoms with E-state index in [0.717, 1.165) is 0 Å². The molecule has 4 nitrogen and oxygen atoms in total. The van der Waals surface area contributed by atoms with Crippen molar-refractivity contribution in [2.75, 3.05) is 11.9 Å². The van der Waals surface area contributed by atoms with Crippen LogP contribution in [-0.2, 0) is 4.79 Å². The zero-order valence-corrected chi connectivity index (χ0v) is 13.5. The largest absolute Gasteiger partial charge is 0.343 e. The standard InChI is InChI=1S/C15H11Cl3N2O2/c16-10-4-1-3-9(7-10)15(22)19-8-13(21)20-14-11(17)5-2-6-12(14)18/h1-7H,8H2,(H,19,22)(H,20,21). The Morgan fingerprint density at radius 3 is 2.23 bits per heavy atom. The molecule has 0 aliphatic carbocycles. The minimum absolute atomic E-state index is 0.215. The van der Waals surface area contributed by atoms with E-state index in [-0.39, 0.29) is 6.54 Å². The van der Waals surface area contributed by atoms with Crippen LogP contribution < -0.4 is 10.6 Å². The third-order valence-corrected chi connectivity index (χ3v) is 3.59. The minimum Gasteiger partial charge on any atom is -0.343 e. The van der Waals surface area contributed by atoms with Gasteiger partial charge in [-0.3, -0.25) is 9.59 Å². The van der Waals surface area contributed by atoms with Gasteiger partial charge in [0.1, 0.15) is 0 Å². The average molecular weight is 358 g/mol. The summed E-state index contributed by atoms with van der Waals surface area (Å²) in [5, 5.41) is 6.13. The molecule has 0 aromatic heterocycles. The number of rotatable bonds is 4. The molecule has 0 bridgehead atoms. The van der Waals surface area contributed by atoms with E-state index in [1.54, 1.807) is 36.4 Å². The molecule has 0 saturated carbocycles. The highest BCUT2D eigenvalue weighted by atomic mass is 35.5. The van der Waals surface area contributed by atoms with Crippen LogP contribution in [0.15, 0.2) is 42.5 Å². The second-order valence-electron chi connectivity index (χ2n) is 4.34. The Labute approximate surface area is 142 Å². The maximum Gasteiger partial charge on any atom is 0.251 e. The minimum atomic E-state index is -0.439. The van der Waals surface area contributed by atoms with Crippen LogP contribution in [-0.4, -0.2) is 18.4 Å². The molecule has 0 unspecified atom stereocenters. The third kappa shape index (κ3) is 4.37. The first-order chi connectivity index (χ1) is 10.5. The fourth-order valence-electron chi connectivity index (χ4n) is 1.69. The normalized spacial score (nSPS) is 10.1. The molecule has 0 aliphatic rings. The number of anilines is 1. The van der Waals surface area contributed by atoms with Crippen LogP contribution in [0.3, 0.4) is 0 Å². The Morgan fingerprint density at radius 2 is 1.59 bits per heavy atom. The lowest BCUT2D eigenvalue weighted by Crippen LogP contribution is -2.32. The van der Waals surface area contributed by atoms with E-state index < -0.39 is 11.8 Å². The van der Waals surface area contributed by atoms with Crippen LogP contribution >= 0.6 is 34.8 Å². The van der Waals surface area contributed by atoms with Gasteiger partial charge in [-0.25, -0.2) is 0 Å². The van der Waals surface area contributed by atoms with E-state index in [9.17, 15) is 9.59 Å². The number of para-hydroxylation sites is 1. The van der Waals surface area contributed by atoms with Crippen molar-refractivity contribution in [1.29, 1.82) is 0 Å². The van der Waals surface area contributed by atoms with Gasteiger partial charge in [-0.05, 0) is 30.3 Å². The lowest BCUT2D eigenvalue weighted by atomic mass is 10.2. The predicted molar refractivity (Wildman–Crippen MR) is 88.9 cm³/mol. The van der Waals surface area contributed by atoms with Gasteiger partial charge < -0.3 is 10.6 Å². The molecule has 114 valence electrons. The van der Waals surface area contributed by atoms with Crippen LogP contribution in [0.4, 0.5) is 5.69 Å². The summed E-state index contributed by atoms with van der Waals surface area (Å²) in [7, 11) is 0. The Morgan fingerprint density at radius 1 is 0.955 bits per heavy atom. The molecule has 22 heavy (non-hydrogen) atoms. The molecule has 2 aromatic carbocycles. The van der Waals surface area contributed by atoms with Crippen molar-refractivity contribution in [3.8, 4) is 0 Å². The SMILES string of the molecule is O=C(CNC(=O)c1cccc(Cl)c1)Nc1c(Cl)cccc1Cl. The molecule has 0 radical (unpaired) electrons. The van der Waals surface area contributed by atoms with Gasteiger partial charge in [0.05, 0.1) is 22.3 Å². The first-order valence-electron chi connectivity index (χ1n) is 6.25. The number of hydrogen-bond acceptors (Lipinski definition) is 2. The number of halogens is 3. The summed E-state index contributed by atoms with van der Waals surface area (Å²) < 4.78 is 0. The van der Waals surface area contributed by atoms with Crippen molar-refractivity contribution in [2.24, 2.45) is 0 Å². The molecule has 0 fully saturated rings. The molecule has 0 atom stereocenters. The fourth-order valence-corrected chi connectivity index (χ4v) is 2.38. The monoisotopic (exact) mass is 356 g/mol. The summed E-state index contributed by atoms with van der Waals surface area (Å²) in [5.74, 6) is -0.840. The summed E-state index contributed by atoms with van der Waals surface area (Å²) in [5.41, 5.74) is 0.684. The Hall–Kier alpha value is -1.75. The van der Waals surface area contributed by atoms with E-state index in [1.165, 1.54) is 6.07 Å². The van der Waals surface area contributed by atoms with Crippen molar-refractivity contribution in [3.63, 3.8) is 0 Å². The fraction of sp³-hybridized carbons (Fsp3) is 0.0667. The molecule has 2 aromatic rings. The molecule has 0 heterocycles. The van der Waals surface area contributed by atoms with Crippen LogP contribution in [0.1, 0.15) is 10.4 Å². The summed E-state index contributed by atoms with van der Waals surface area (Å²) in [6, 6.07) is 11.3. The Bertz CT molecular complexity index is 699. The topological polar surface area (TPSA) is 58.2 Å². The number of hydrogen-bond donors (Lipinski definition) is 2. The van der Waals surface area contributed by atoms with Gasteiger partial charge in [-0.2, -0.15) is 0 Å². The second-order valence-corrected chi connectivity index (χ2v) is 5.59. The average Bonchev–Trinajstić information content (AvgIpc) is 2.48. The zero-order chi connectivity index (χ0) is 16.1. The van der Waals surface area contributed by atoms with E-state index in [4.69, 9.17) is 34.8 Å². The highest BCUT2D eigenvalue weighted by molar-refractivity contribution is 6.39. The van der Waals surface area contributed by atoms with Crippen molar-refractivity contribution in [3.05, 3.63) is 63.1 Å². The quantitative estimate of drug-likeness (QED) is 0.868. The number of nitrogens with one attached hydrogen (secondary N) is 2. The Kier molecular flexibility index (Phi) is 5.66. The zero-order valence-electron chi connectivity index (χ0n) is 11.2. The van der Waals surface area contributed by atoms with Gasteiger partial charge >= 0.3 is 0 Å². The molecule has 0 spiro atoms. The van der Waals surface area contributed by atoms with Crippen molar-refractivity contribution in [2.45, 2.75) is 0 Å². The van der Waals surface area contributed by atoms with Crippen molar-refractivity contribution in [1.82, 2.24) is 5.32 Å². The van der Waals surface area contributed by atoms with Gasteiger partial charge in [-0.15, -0.1) is 0 Å². The van der Waals surface area contributed by atoms with Crippen LogP contribution in [0.25, 0.3) is 0 Å². The maximum atomic E-state index is 11.9. The summed E-state index contributed by atoms with van der Waals surface area (Å²) in [4.78, 5) is 23.7. The maximum absolute atomic E-state index is 11.9. The van der Waals surface area contributed by atoms with Crippen molar-refractivity contribution < 1.29 is 9.59 Å². The number of amides is 2. The molecule has 0 saturated heterocycles. The molecular weight excluding hydrogens is 347 g/mol.